The number of anilines is 1. The van der Waals surface area contributed by atoms with Gasteiger partial charge in [0.2, 0.25) is 0 Å². The van der Waals surface area contributed by atoms with Crippen molar-refractivity contribution >= 4 is 11.7 Å². The quantitative estimate of drug-likeness (QED) is 0.803. The van der Waals surface area contributed by atoms with Gasteiger partial charge in [-0.25, -0.2) is 0 Å². The normalized spacial score (nSPS) is 17.5. The van der Waals surface area contributed by atoms with Gasteiger partial charge >= 0.3 is 5.97 Å². The second-order valence-electron chi connectivity index (χ2n) is 5.24. The smallest absolute Gasteiger partial charge is 0.306 e. The Kier molecular flexibility index (Phi) is 5.41. The van der Waals surface area contributed by atoms with Crippen LogP contribution < -0.4 is 9.64 Å². The van der Waals surface area contributed by atoms with E-state index in [1.165, 1.54) is 0 Å². The van der Waals surface area contributed by atoms with Crippen LogP contribution in [0.2, 0.25) is 0 Å². The van der Waals surface area contributed by atoms with Gasteiger partial charge in [0, 0.05) is 38.4 Å². The van der Waals surface area contributed by atoms with Gasteiger partial charge in [-0.2, -0.15) is 0 Å². The SMILES string of the molecule is COc1ccc(N2CCN(CC(O)CC(=O)O)CC2)cc1. The first-order valence-corrected chi connectivity index (χ1v) is 7.09. The highest BCUT2D eigenvalue weighted by atomic mass is 16.5. The first-order chi connectivity index (χ1) is 10.1. The third kappa shape index (κ3) is 4.61. The standard InChI is InChI=1S/C15H22N2O4/c1-21-14-4-2-12(3-5-14)17-8-6-16(7-9-17)11-13(18)10-15(19)20/h2-5,13,18H,6-11H2,1H3,(H,19,20). The molecule has 0 amide bonds. The highest BCUT2D eigenvalue weighted by molar-refractivity contribution is 5.67. The van der Waals surface area contributed by atoms with Crippen molar-refractivity contribution in [1.29, 1.82) is 0 Å². The van der Waals surface area contributed by atoms with Gasteiger partial charge in [0.15, 0.2) is 0 Å². The van der Waals surface area contributed by atoms with Gasteiger partial charge in [-0.3, -0.25) is 9.69 Å². The minimum Gasteiger partial charge on any atom is -0.497 e. The molecule has 6 nitrogen and oxygen atoms in total. The lowest BCUT2D eigenvalue weighted by atomic mass is 10.2. The summed E-state index contributed by atoms with van der Waals surface area (Å²) in [5, 5.41) is 18.3. The Morgan fingerprint density at radius 1 is 1.24 bits per heavy atom. The summed E-state index contributed by atoms with van der Waals surface area (Å²) in [6.07, 6.45) is -0.992. The zero-order chi connectivity index (χ0) is 15.2. The van der Waals surface area contributed by atoms with Crippen LogP contribution >= 0.6 is 0 Å². The van der Waals surface area contributed by atoms with Crippen molar-refractivity contribution < 1.29 is 19.7 Å². The Morgan fingerprint density at radius 2 is 1.86 bits per heavy atom. The number of benzene rings is 1. The second-order valence-corrected chi connectivity index (χ2v) is 5.24. The molecule has 2 N–H and O–H groups in total. The molecule has 1 saturated heterocycles. The largest absolute Gasteiger partial charge is 0.497 e. The molecule has 2 rings (SSSR count). The van der Waals surface area contributed by atoms with Crippen LogP contribution in [0.4, 0.5) is 5.69 Å². The van der Waals surface area contributed by atoms with E-state index in [4.69, 9.17) is 9.84 Å². The number of aliphatic hydroxyl groups excluding tert-OH is 1. The Balaban J connectivity index is 1.80. The highest BCUT2D eigenvalue weighted by Gasteiger charge is 2.20. The number of β-amino-alcohol motifs (C(OH)–C–C–N with tert-alkyl or cyclic N) is 1. The van der Waals surface area contributed by atoms with Crippen molar-refractivity contribution in [2.75, 3.05) is 44.7 Å². The van der Waals surface area contributed by atoms with Crippen LogP contribution in [0.25, 0.3) is 0 Å². The number of hydrogen-bond acceptors (Lipinski definition) is 5. The van der Waals surface area contributed by atoms with Gasteiger partial charge < -0.3 is 19.8 Å². The molecule has 1 aliphatic rings. The Bertz CT molecular complexity index is 455. The van der Waals surface area contributed by atoms with Gasteiger partial charge in [-0.15, -0.1) is 0 Å². The molecule has 6 heteroatoms. The predicted octanol–water partition coefficient (Wildman–Crippen LogP) is 0.653. The molecule has 0 spiro atoms. The molecule has 1 aromatic carbocycles. The van der Waals surface area contributed by atoms with E-state index in [0.29, 0.717) is 6.54 Å². The fraction of sp³-hybridized carbons (Fsp3) is 0.533. The summed E-state index contributed by atoms with van der Waals surface area (Å²) in [5.41, 5.74) is 1.15. The summed E-state index contributed by atoms with van der Waals surface area (Å²) in [6, 6.07) is 7.96. The lowest BCUT2D eigenvalue weighted by Crippen LogP contribution is -2.48. The molecule has 116 valence electrons. The van der Waals surface area contributed by atoms with Crippen molar-refractivity contribution in [3.8, 4) is 5.75 Å². The summed E-state index contributed by atoms with van der Waals surface area (Å²) in [4.78, 5) is 14.9. The monoisotopic (exact) mass is 294 g/mol. The molecule has 1 aliphatic heterocycles. The van der Waals surface area contributed by atoms with E-state index in [1.807, 2.05) is 24.3 Å². The molecule has 0 aliphatic carbocycles. The maximum Gasteiger partial charge on any atom is 0.306 e. The summed E-state index contributed by atoms with van der Waals surface area (Å²) < 4.78 is 5.15. The molecule has 0 saturated carbocycles. The number of carboxylic acid groups (broad SMARTS) is 1. The molecule has 21 heavy (non-hydrogen) atoms. The van der Waals surface area contributed by atoms with Crippen LogP contribution in [0.3, 0.4) is 0 Å². The van der Waals surface area contributed by atoms with Gasteiger partial charge in [-0.05, 0) is 24.3 Å². The first kappa shape index (κ1) is 15.6. The lowest BCUT2D eigenvalue weighted by Gasteiger charge is -2.36. The number of piperazine rings is 1. The van der Waals surface area contributed by atoms with Crippen LogP contribution in [-0.2, 0) is 4.79 Å². The van der Waals surface area contributed by atoms with E-state index < -0.39 is 12.1 Å². The Labute approximate surface area is 124 Å². The van der Waals surface area contributed by atoms with Gasteiger partial charge in [0.05, 0.1) is 19.6 Å². The summed E-state index contributed by atoms with van der Waals surface area (Å²) in [6.45, 7) is 3.80. The maximum absolute atomic E-state index is 10.5. The van der Waals surface area contributed by atoms with Crippen molar-refractivity contribution in [2.45, 2.75) is 12.5 Å². The maximum atomic E-state index is 10.5. The number of ether oxygens (including phenoxy) is 1. The molecule has 0 aromatic heterocycles. The van der Waals surface area contributed by atoms with E-state index in [-0.39, 0.29) is 6.42 Å². The minimum atomic E-state index is -0.959. The van der Waals surface area contributed by atoms with Crippen molar-refractivity contribution in [2.24, 2.45) is 0 Å². The van der Waals surface area contributed by atoms with E-state index in [0.717, 1.165) is 37.6 Å². The van der Waals surface area contributed by atoms with Crippen LogP contribution in [0.5, 0.6) is 5.75 Å². The third-order valence-corrected chi connectivity index (χ3v) is 3.69. The Morgan fingerprint density at radius 3 is 2.38 bits per heavy atom. The lowest BCUT2D eigenvalue weighted by molar-refractivity contribution is -0.139. The molecule has 0 bridgehead atoms. The number of rotatable bonds is 6. The number of aliphatic hydroxyl groups is 1. The van der Waals surface area contributed by atoms with E-state index in [1.54, 1.807) is 7.11 Å². The zero-order valence-corrected chi connectivity index (χ0v) is 12.2. The molecule has 1 aromatic rings. The van der Waals surface area contributed by atoms with Crippen molar-refractivity contribution in [3.63, 3.8) is 0 Å². The van der Waals surface area contributed by atoms with Crippen molar-refractivity contribution in [1.82, 2.24) is 4.90 Å². The number of methoxy groups -OCH3 is 1. The topological polar surface area (TPSA) is 73.2 Å². The van der Waals surface area contributed by atoms with E-state index in [9.17, 15) is 9.90 Å². The zero-order valence-electron chi connectivity index (χ0n) is 12.2. The number of hydrogen-bond donors (Lipinski definition) is 2. The molecular weight excluding hydrogens is 272 g/mol. The first-order valence-electron chi connectivity index (χ1n) is 7.09. The predicted molar refractivity (Wildman–Crippen MR) is 79.9 cm³/mol. The van der Waals surface area contributed by atoms with Crippen LogP contribution in [-0.4, -0.2) is 67.0 Å². The molecular formula is C15H22N2O4. The highest BCUT2D eigenvalue weighted by Crippen LogP contribution is 2.20. The molecule has 0 radical (unpaired) electrons. The number of carbonyl (C=O) groups is 1. The second kappa shape index (κ2) is 7.28. The average molecular weight is 294 g/mol. The fourth-order valence-electron chi connectivity index (χ4n) is 2.55. The van der Waals surface area contributed by atoms with Crippen molar-refractivity contribution in [3.05, 3.63) is 24.3 Å². The Hall–Kier alpha value is -1.79. The minimum absolute atomic E-state index is 0.196. The van der Waals surface area contributed by atoms with E-state index >= 15 is 0 Å². The van der Waals surface area contributed by atoms with Crippen LogP contribution in [0.1, 0.15) is 6.42 Å². The summed E-state index contributed by atoms with van der Waals surface area (Å²) >= 11 is 0. The van der Waals surface area contributed by atoms with Gasteiger partial charge in [-0.1, -0.05) is 0 Å². The van der Waals surface area contributed by atoms with Crippen LogP contribution in [0.15, 0.2) is 24.3 Å². The summed E-state index contributed by atoms with van der Waals surface area (Å²) in [7, 11) is 1.65. The van der Waals surface area contributed by atoms with E-state index in [2.05, 4.69) is 9.80 Å². The number of nitrogens with zero attached hydrogens (tertiary/aromatic N) is 2. The fourth-order valence-corrected chi connectivity index (χ4v) is 2.55. The molecule has 1 unspecified atom stereocenters. The molecule has 1 heterocycles. The third-order valence-electron chi connectivity index (χ3n) is 3.69. The summed E-state index contributed by atoms with van der Waals surface area (Å²) in [5.74, 6) is -0.117. The average Bonchev–Trinajstić information content (AvgIpc) is 2.47. The molecule has 1 atom stereocenters. The van der Waals surface area contributed by atoms with Gasteiger partial charge in [0.1, 0.15) is 5.75 Å². The molecule has 1 fully saturated rings. The van der Waals surface area contributed by atoms with Gasteiger partial charge in [0.25, 0.3) is 0 Å². The number of carboxylic acids is 1. The number of aliphatic carboxylic acids is 1. The van der Waals surface area contributed by atoms with Crippen LogP contribution in [0, 0.1) is 0 Å².